The first-order chi connectivity index (χ1) is 6.67. The van der Waals surface area contributed by atoms with Crippen molar-refractivity contribution in [1.82, 2.24) is 5.32 Å². The Bertz CT molecular complexity index is 312. The Hall–Kier alpha value is -1.14. The zero-order valence-electron chi connectivity index (χ0n) is 8.81. The second kappa shape index (κ2) is 3.18. The minimum absolute atomic E-state index is 0.539. The first-order valence-corrected chi connectivity index (χ1v) is 4.63. The summed E-state index contributed by atoms with van der Waals surface area (Å²) in [5.74, 6) is -2.76. The Kier molecular flexibility index (Phi) is 2.53. The summed E-state index contributed by atoms with van der Waals surface area (Å²) in [6.45, 7) is 4.21. The molecule has 0 aromatic heterocycles. The molecule has 0 aliphatic carbocycles. The van der Waals surface area contributed by atoms with Crippen LogP contribution in [0.1, 0.15) is 20.8 Å². The van der Waals surface area contributed by atoms with Crippen molar-refractivity contribution in [3.05, 3.63) is 0 Å². The van der Waals surface area contributed by atoms with E-state index in [2.05, 4.69) is 5.32 Å². The van der Waals surface area contributed by atoms with Crippen LogP contribution in [0.3, 0.4) is 0 Å². The van der Waals surface area contributed by atoms with Crippen LogP contribution in [-0.4, -0.2) is 44.4 Å². The number of carbonyl (C=O) groups excluding carboxylic acids is 1. The number of aliphatic hydroxyl groups is 2. The first kappa shape index (κ1) is 11.9. The molecule has 3 unspecified atom stereocenters. The van der Waals surface area contributed by atoms with Crippen molar-refractivity contribution in [3.63, 3.8) is 0 Å². The lowest BCUT2D eigenvalue weighted by Gasteiger charge is -2.33. The van der Waals surface area contributed by atoms with Gasteiger partial charge in [-0.05, 0) is 12.8 Å². The summed E-state index contributed by atoms with van der Waals surface area (Å²) in [6, 6.07) is 0. The van der Waals surface area contributed by atoms with Gasteiger partial charge >= 0.3 is 5.97 Å². The van der Waals surface area contributed by atoms with Crippen molar-refractivity contribution < 1.29 is 24.9 Å². The molecule has 1 aliphatic heterocycles. The van der Waals surface area contributed by atoms with Gasteiger partial charge in [-0.1, -0.05) is 13.8 Å². The van der Waals surface area contributed by atoms with Crippen LogP contribution in [0.4, 0.5) is 0 Å². The smallest absolute Gasteiger partial charge is 0.332 e. The Morgan fingerprint density at radius 3 is 2.13 bits per heavy atom. The molecule has 1 fully saturated rings. The molecule has 15 heavy (non-hydrogen) atoms. The highest BCUT2D eigenvalue weighted by atomic mass is 16.4. The second-order valence-corrected chi connectivity index (χ2v) is 4.33. The molecule has 4 N–H and O–H groups in total. The summed E-state index contributed by atoms with van der Waals surface area (Å²) in [4.78, 5) is 22.5. The number of nitrogens with one attached hydrogen (secondary N) is 1. The molecular weight excluding hydrogens is 202 g/mol. The van der Waals surface area contributed by atoms with E-state index in [0.717, 1.165) is 6.92 Å². The topological polar surface area (TPSA) is 107 Å². The van der Waals surface area contributed by atoms with Crippen LogP contribution in [0.25, 0.3) is 0 Å². The summed E-state index contributed by atoms with van der Waals surface area (Å²) < 4.78 is 0. The minimum Gasteiger partial charge on any atom is -0.479 e. The molecule has 6 heteroatoms. The van der Waals surface area contributed by atoms with E-state index in [9.17, 15) is 19.8 Å². The van der Waals surface area contributed by atoms with Crippen molar-refractivity contribution >= 4 is 11.9 Å². The number of carboxylic acids is 1. The lowest BCUT2D eigenvalue weighted by atomic mass is 9.79. The quantitative estimate of drug-likeness (QED) is 0.460. The van der Waals surface area contributed by atoms with Gasteiger partial charge in [0.15, 0.2) is 11.1 Å². The summed E-state index contributed by atoms with van der Waals surface area (Å²) in [5.41, 5.74) is -3.89. The molecule has 86 valence electrons. The van der Waals surface area contributed by atoms with Crippen LogP contribution in [0, 0.1) is 5.92 Å². The summed E-state index contributed by atoms with van der Waals surface area (Å²) in [5, 5.41) is 30.6. The highest BCUT2D eigenvalue weighted by Crippen LogP contribution is 2.34. The number of hydrogen-bond acceptors (Lipinski definition) is 4. The third-order valence-corrected chi connectivity index (χ3v) is 3.01. The van der Waals surface area contributed by atoms with Crippen molar-refractivity contribution in [3.8, 4) is 0 Å². The van der Waals surface area contributed by atoms with E-state index in [1.807, 2.05) is 0 Å². The molecule has 1 heterocycles. The molecule has 0 bridgehead atoms. The number of aliphatic carboxylic acids is 1. The largest absolute Gasteiger partial charge is 0.479 e. The third kappa shape index (κ3) is 1.32. The second-order valence-electron chi connectivity index (χ2n) is 4.33. The first-order valence-electron chi connectivity index (χ1n) is 4.63. The molecule has 3 atom stereocenters. The normalized spacial score (nSPS) is 40.7. The van der Waals surface area contributed by atoms with E-state index in [4.69, 9.17) is 5.11 Å². The molecule has 6 nitrogen and oxygen atoms in total. The van der Waals surface area contributed by atoms with Gasteiger partial charge in [0.2, 0.25) is 0 Å². The van der Waals surface area contributed by atoms with Gasteiger partial charge in [-0.3, -0.25) is 4.79 Å². The Morgan fingerprint density at radius 1 is 1.53 bits per heavy atom. The highest BCUT2D eigenvalue weighted by molar-refractivity contribution is 5.97. The standard InChI is InChI=1S/C9H15NO5/c1-4(2)9(7(13)14)5(11)8(3,15)6(12)10-9/h4-5,11,15H,1-3H3,(H,10,12)(H,13,14). The number of amides is 1. The molecule has 1 saturated heterocycles. The number of aliphatic hydroxyl groups excluding tert-OH is 1. The van der Waals surface area contributed by atoms with E-state index in [1.54, 1.807) is 13.8 Å². The fourth-order valence-corrected chi connectivity index (χ4v) is 1.83. The monoisotopic (exact) mass is 217 g/mol. The number of hydrogen-bond donors (Lipinski definition) is 4. The summed E-state index contributed by atoms with van der Waals surface area (Å²) in [7, 11) is 0. The molecule has 0 spiro atoms. The van der Waals surface area contributed by atoms with Crippen LogP contribution in [0.5, 0.6) is 0 Å². The third-order valence-electron chi connectivity index (χ3n) is 3.01. The Morgan fingerprint density at radius 2 is 2.00 bits per heavy atom. The van der Waals surface area contributed by atoms with E-state index in [0.29, 0.717) is 0 Å². The van der Waals surface area contributed by atoms with Crippen LogP contribution in [0.15, 0.2) is 0 Å². The average Bonchev–Trinajstić information content (AvgIpc) is 2.27. The van der Waals surface area contributed by atoms with E-state index < -0.39 is 35.0 Å². The molecule has 1 amide bonds. The lowest BCUT2D eigenvalue weighted by molar-refractivity contribution is -0.156. The predicted octanol–water partition coefficient (Wildman–Crippen LogP) is -1.29. The summed E-state index contributed by atoms with van der Waals surface area (Å²) in [6.07, 6.45) is -1.67. The SMILES string of the molecule is CC(C)C1(C(=O)O)NC(=O)C(C)(O)C1O. The maximum atomic E-state index is 11.3. The Labute approximate surface area is 86.9 Å². The van der Waals surface area contributed by atoms with Gasteiger partial charge in [0.05, 0.1) is 0 Å². The number of carbonyl (C=O) groups is 2. The van der Waals surface area contributed by atoms with Gasteiger partial charge in [0.25, 0.3) is 5.91 Å². The van der Waals surface area contributed by atoms with Crippen LogP contribution in [0.2, 0.25) is 0 Å². The highest BCUT2D eigenvalue weighted by Gasteiger charge is 2.64. The Balaban J connectivity index is 3.26. The zero-order valence-corrected chi connectivity index (χ0v) is 8.81. The van der Waals surface area contributed by atoms with Crippen LogP contribution >= 0.6 is 0 Å². The van der Waals surface area contributed by atoms with Crippen molar-refractivity contribution in [1.29, 1.82) is 0 Å². The van der Waals surface area contributed by atoms with Gasteiger partial charge in [-0.15, -0.1) is 0 Å². The maximum Gasteiger partial charge on any atom is 0.332 e. The number of rotatable bonds is 2. The molecule has 0 aromatic rings. The van der Waals surface area contributed by atoms with Gasteiger partial charge < -0.3 is 20.6 Å². The predicted molar refractivity (Wildman–Crippen MR) is 50.0 cm³/mol. The van der Waals surface area contributed by atoms with Crippen molar-refractivity contribution in [2.24, 2.45) is 5.92 Å². The van der Waals surface area contributed by atoms with E-state index in [-0.39, 0.29) is 0 Å². The molecule has 0 aromatic carbocycles. The average molecular weight is 217 g/mol. The van der Waals surface area contributed by atoms with Crippen LogP contribution in [-0.2, 0) is 9.59 Å². The maximum absolute atomic E-state index is 11.3. The fraction of sp³-hybridized carbons (Fsp3) is 0.778. The fourth-order valence-electron chi connectivity index (χ4n) is 1.83. The summed E-state index contributed by atoms with van der Waals surface area (Å²) >= 11 is 0. The molecular formula is C9H15NO5. The molecule has 0 saturated carbocycles. The van der Waals surface area contributed by atoms with Crippen molar-refractivity contribution in [2.75, 3.05) is 0 Å². The van der Waals surface area contributed by atoms with E-state index in [1.165, 1.54) is 0 Å². The van der Waals surface area contributed by atoms with Gasteiger partial charge in [0, 0.05) is 0 Å². The molecule has 1 rings (SSSR count). The minimum atomic E-state index is -2.07. The van der Waals surface area contributed by atoms with E-state index >= 15 is 0 Å². The zero-order chi connectivity index (χ0) is 12.0. The van der Waals surface area contributed by atoms with Gasteiger partial charge in [-0.25, -0.2) is 4.79 Å². The number of carboxylic acid groups (broad SMARTS) is 1. The van der Waals surface area contributed by atoms with Gasteiger partial charge in [0.1, 0.15) is 6.10 Å². The molecule has 0 radical (unpaired) electrons. The van der Waals surface area contributed by atoms with Crippen LogP contribution < -0.4 is 5.32 Å². The van der Waals surface area contributed by atoms with Crippen molar-refractivity contribution in [2.45, 2.75) is 38.0 Å². The van der Waals surface area contributed by atoms with Gasteiger partial charge in [-0.2, -0.15) is 0 Å². The molecule has 1 aliphatic rings. The lowest BCUT2D eigenvalue weighted by Crippen LogP contribution is -2.60.